The minimum absolute atomic E-state index is 0.140. The Balaban J connectivity index is 1.90. The fourth-order valence-electron chi connectivity index (χ4n) is 3.18. The summed E-state index contributed by atoms with van der Waals surface area (Å²) in [6.07, 6.45) is 8.34. The molecule has 1 aliphatic carbocycles. The van der Waals surface area contributed by atoms with Crippen LogP contribution in [0.15, 0.2) is 18.5 Å². The quantitative estimate of drug-likeness (QED) is 0.860. The number of hydrogen-bond acceptors (Lipinski definition) is 2. The lowest BCUT2D eigenvalue weighted by Crippen LogP contribution is -2.36. The first kappa shape index (κ1) is 14.0. The van der Waals surface area contributed by atoms with E-state index in [4.69, 9.17) is 0 Å². The summed E-state index contributed by atoms with van der Waals surface area (Å²) in [5.74, 6) is -0.553. The van der Waals surface area contributed by atoms with Crippen LogP contribution in [0, 0.1) is 5.82 Å². The number of rotatable bonds is 2. The molecule has 0 unspecified atom stereocenters. The van der Waals surface area contributed by atoms with Gasteiger partial charge in [0.05, 0.1) is 17.4 Å². The van der Waals surface area contributed by atoms with Crippen molar-refractivity contribution in [3.8, 4) is 0 Å². The number of imidazole rings is 1. The van der Waals surface area contributed by atoms with Crippen LogP contribution in [-0.2, 0) is 0 Å². The smallest absolute Gasteiger partial charge is 0.256 e. The number of aromatic amines is 1. The standard InChI is InChI=1S/C16H20FN3O/c1-20(12-6-4-2-3-5-7-12)16(21)13-8-11(17)9-14-15(13)19-10-18-14/h8-10,12H,2-7H2,1H3,(H,18,19). The van der Waals surface area contributed by atoms with Crippen molar-refractivity contribution >= 4 is 16.9 Å². The van der Waals surface area contributed by atoms with Gasteiger partial charge in [-0.25, -0.2) is 9.37 Å². The lowest BCUT2D eigenvalue weighted by molar-refractivity contribution is 0.0719. The Morgan fingerprint density at radius 1 is 1.29 bits per heavy atom. The van der Waals surface area contributed by atoms with Gasteiger partial charge in [-0.05, 0) is 25.0 Å². The predicted molar refractivity (Wildman–Crippen MR) is 79.6 cm³/mol. The van der Waals surface area contributed by atoms with Crippen molar-refractivity contribution in [1.29, 1.82) is 0 Å². The molecule has 0 saturated heterocycles. The number of aromatic nitrogens is 2. The van der Waals surface area contributed by atoms with Gasteiger partial charge < -0.3 is 9.88 Å². The molecule has 1 amide bonds. The highest BCUT2D eigenvalue weighted by Crippen LogP contribution is 2.24. The summed E-state index contributed by atoms with van der Waals surface area (Å²) in [6, 6.07) is 2.90. The third-order valence-corrected chi connectivity index (χ3v) is 4.41. The van der Waals surface area contributed by atoms with Gasteiger partial charge in [0.25, 0.3) is 5.91 Å². The normalized spacial score (nSPS) is 16.9. The summed E-state index contributed by atoms with van der Waals surface area (Å²) in [5.41, 5.74) is 1.45. The van der Waals surface area contributed by atoms with Gasteiger partial charge in [0.15, 0.2) is 0 Å². The van der Waals surface area contributed by atoms with Gasteiger partial charge in [0.2, 0.25) is 0 Å². The summed E-state index contributed by atoms with van der Waals surface area (Å²) in [4.78, 5) is 21.5. The molecule has 0 bridgehead atoms. The molecule has 3 rings (SSSR count). The molecule has 1 N–H and O–H groups in total. The van der Waals surface area contributed by atoms with E-state index in [1.165, 1.54) is 31.3 Å². The molecular formula is C16H20FN3O. The minimum Gasteiger partial charge on any atom is -0.344 e. The number of carbonyl (C=O) groups is 1. The third kappa shape index (κ3) is 2.77. The maximum Gasteiger partial charge on any atom is 0.256 e. The van der Waals surface area contributed by atoms with Crippen LogP contribution in [0.2, 0.25) is 0 Å². The van der Waals surface area contributed by atoms with E-state index in [0.717, 1.165) is 25.7 Å². The van der Waals surface area contributed by atoms with Gasteiger partial charge in [0.1, 0.15) is 11.3 Å². The van der Waals surface area contributed by atoms with E-state index in [1.54, 1.807) is 4.90 Å². The number of fused-ring (bicyclic) bond motifs is 1. The second-order valence-corrected chi connectivity index (χ2v) is 5.81. The highest BCUT2D eigenvalue weighted by atomic mass is 19.1. The second-order valence-electron chi connectivity index (χ2n) is 5.81. The van der Waals surface area contributed by atoms with Crippen molar-refractivity contribution in [2.24, 2.45) is 0 Å². The molecule has 1 aromatic carbocycles. The van der Waals surface area contributed by atoms with Crippen molar-refractivity contribution in [2.45, 2.75) is 44.6 Å². The fraction of sp³-hybridized carbons (Fsp3) is 0.500. The van der Waals surface area contributed by atoms with Crippen LogP contribution in [0.25, 0.3) is 11.0 Å². The summed E-state index contributed by atoms with van der Waals surface area (Å²) >= 11 is 0. The zero-order valence-electron chi connectivity index (χ0n) is 12.2. The Kier molecular flexibility index (Phi) is 3.90. The van der Waals surface area contributed by atoms with Crippen LogP contribution in [-0.4, -0.2) is 33.9 Å². The molecule has 0 spiro atoms. The molecule has 0 aliphatic heterocycles. The van der Waals surface area contributed by atoms with Crippen LogP contribution < -0.4 is 0 Å². The van der Waals surface area contributed by atoms with Gasteiger partial charge in [-0.15, -0.1) is 0 Å². The van der Waals surface area contributed by atoms with Crippen molar-refractivity contribution in [1.82, 2.24) is 14.9 Å². The van der Waals surface area contributed by atoms with Crippen molar-refractivity contribution in [3.05, 3.63) is 29.8 Å². The van der Waals surface area contributed by atoms with Crippen LogP contribution in [0.1, 0.15) is 48.9 Å². The molecule has 0 radical (unpaired) electrons. The number of benzene rings is 1. The first-order chi connectivity index (χ1) is 10.2. The van der Waals surface area contributed by atoms with Crippen LogP contribution in [0.3, 0.4) is 0 Å². The Morgan fingerprint density at radius 3 is 2.71 bits per heavy atom. The number of H-pyrrole nitrogens is 1. The first-order valence-electron chi connectivity index (χ1n) is 7.56. The minimum atomic E-state index is -0.413. The zero-order valence-corrected chi connectivity index (χ0v) is 12.2. The lowest BCUT2D eigenvalue weighted by Gasteiger charge is -2.27. The molecule has 4 nitrogen and oxygen atoms in total. The Bertz CT molecular complexity index is 644. The monoisotopic (exact) mass is 289 g/mol. The van der Waals surface area contributed by atoms with E-state index in [9.17, 15) is 9.18 Å². The van der Waals surface area contributed by atoms with Gasteiger partial charge in [-0.3, -0.25) is 4.79 Å². The summed E-state index contributed by atoms with van der Waals surface area (Å²) in [6.45, 7) is 0. The SMILES string of the molecule is CN(C(=O)c1cc(F)cc2[nH]cnc12)C1CCCCCC1. The first-order valence-corrected chi connectivity index (χ1v) is 7.56. The molecule has 1 heterocycles. The average molecular weight is 289 g/mol. The number of nitrogens with zero attached hydrogens (tertiary/aromatic N) is 2. The maximum absolute atomic E-state index is 13.7. The van der Waals surface area contributed by atoms with Crippen molar-refractivity contribution in [3.63, 3.8) is 0 Å². The zero-order chi connectivity index (χ0) is 14.8. The maximum atomic E-state index is 13.7. The van der Waals surface area contributed by atoms with Crippen molar-refractivity contribution in [2.75, 3.05) is 7.05 Å². The van der Waals surface area contributed by atoms with E-state index < -0.39 is 5.82 Å². The summed E-state index contributed by atoms with van der Waals surface area (Å²) in [7, 11) is 1.82. The van der Waals surface area contributed by atoms with Gasteiger partial charge in [-0.1, -0.05) is 25.7 Å². The molecule has 1 aliphatic rings. The van der Waals surface area contributed by atoms with Crippen LogP contribution in [0.4, 0.5) is 4.39 Å². The van der Waals surface area contributed by atoms with E-state index >= 15 is 0 Å². The number of hydrogen-bond donors (Lipinski definition) is 1. The van der Waals surface area contributed by atoms with Crippen LogP contribution in [0.5, 0.6) is 0 Å². The number of nitrogens with one attached hydrogen (secondary N) is 1. The fourth-order valence-corrected chi connectivity index (χ4v) is 3.18. The van der Waals surface area contributed by atoms with Gasteiger partial charge >= 0.3 is 0 Å². The van der Waals surface area contributed by atoms with E-state index in [1.807, 2.05) is 7.05 Å². The van der Waals surface area contributed by atoms with Crippen LogP contribution >= 0.6 is 0 Å². The van der Waals surface area contributed by atoms with Crippen molar-refractivity contribution < 1.29 is 9.18 Å². The highest BCUT2D eigenvalue weighted by Gasteiger charge is 2.24. The second kappa shape index (κ2) is 5.84. The molecule has 5 heteroatoms. The topological polar surface area (TPSA) is 49.0 Å². The summed E-state index contributed by atoms with van der Waals surface area (Å²) in [5, 5.41) is 0. The number of halogens is 1. The molecule has 0 atom stereocenters. The Hall–Kier alpha value is -1.91. The highest BCUT2D eigenvalue weighted by molar-refractivity contribution is 6.04. The van der Waals surface area contributed by atoms with E-state index in [-0.39, 0.29) is 11.9 Å². The summed E-state index contributed by atoms with van der Waals surface area (Å²) < 4.78 is 13.7. The molecule has 2 aromatic rings. The van der Waals surface area contributed by atoms with Gasteiger partial charge in [-0.2, -0.15) is 0 Å². The third-order valence-electron chi connectivity index (χ3n) is 4.41. The molecule has 112 valence electrons. The van der Waals surface area contributed by atoms with Gasteiger partial charge in [0, 0.05) is 13.1 Å². The largest absolute Gasteiger partial charge is 0.344 e. The van der Waals surface area contributed by atoms with E-state index in [0.29, 0.717) is 16.6 Å². The lowest BCUT2D eigenvalue weighted by atomic mass is 10.1. The molecule has 21 heavy (non-hydrogen) atoms. The number of amides is 1. The Morgan fingerprint density at radius 2 is 2.00 bits per heavy atom. The number of carbonyl (C=O) groups excluding carboxylic acids is 1. The molecule has 1 saturated carbocycles. The average Bonchev–Trinajstić information content (AvgIpc) is 2.78. The predicted octanol–water partition coefficient (Wildman–Crippen LogP) is 3.50. The molecule has 1 aromatic heterocycles. The Labute approximate surface area is 123 Å². The molecule has 1 fully saturated rings. The molecular weight excluding hydrogens is 269 g/mol. The van der Waals surface area contributed by atoms with E-state index in [2.05, 4.69) is 9.97 Å².